The average Bonchev–Trinajstić information content (AvgIpc) is 2.06. The van der Waals surface area contributed by atoms with Crippen molar-refractivity contribution >= 4 is 0 Å². The maximum absolute atomic E-state index is 5.50. The molecule has 0 aliphatic carbocycles. The quantitative estimate of drug-likeness (QED) is 0.528. The summed E-state index contributed by atoms with van der Waals surface area (Å²) in [4.78, 5) is 0. The van der Waals surface area contributed by atoms with Gasteiger partial charge in [0.05, 0.1) is 12.9 Å². The predicted octanol–water partition coefficient (Wildman–Crippen LogP) is 1.98. The summed E-state index contributed by atoms with van der Waals surface area (Å²) in [6.45, 7) is 2.91. The van der Waals surface area contributed by atoms with Gasteiger partial charge in [0.2, 0.25) is 0 Å². The number of ether oxygens (including phenoxy) is 2. The molecule has 2 aliphatic rings. The van der Waals surface area contributed by atoms with Crippen LogP contribution in [0.25, 0.3) is 0 Å². The molecule has 1 fully saturated rings. The average molecular weight is 152 g/mol. The summed E-state index contributed by atoms with van der Waals surface area (Å²) in [5, 5.41) is 0. The maximum Gasteiger partial charge on any atom is 0.155 e. The molecule has 60 valence electrons. The maximum atomic E-state index is 5.50. The first-order valence-corrected chi connectivity index (χ1v) is 4.03. The molecule has 2 heteroatoms. The highest BCUT2D eigenvalue weighted by atomic mass is 16.5. The van der Waals surface area contributed by atoms with Crippen LogP contribution >= 0.6 is 0 Å². The topological polar surface area (TPSA) is 18.5 Å². The molecule has 0 saturated carbocycles. The van der Waals surface area contributed by atoms with Crippen LogP contribution in [-0.2, 0) is 9.47 Å². The summed E-state index contributed by atoms with van der Waals surface area (Å²) in [6.07, 6.45) is 6.12. The molecule has 0 aromatic rings. The Morgan fingerprint density at radius 2 is 2.45 bits per heavy atom. The molecule has 0 radical (unpaired) electrons. The SMILES string of the molecule is CC1=C2OCCCC2OC=C1. The Hall–Kier alpha value is -0.920. The molecule has 2 nitrogen and oxygen atoms in total. The number of allylic oxidation sites excluding steroid dienone is 2. The van der Waals surface area contributed by atoms with Crippen LogP contribution in [0, 0.1) is 0 Å². The lowest BCUT2D eigenvalue weighted by Crippen LogP contribution is -2.24. The Labute approximate surface area is 66.5 Å². The monoisotopic (exact) mass is 152 g/mol. The second-order valence-corrected chi connectivity index (χ2v) is 2.97. The van der Waals surface area contributed by atoms with Gasteiger partial charge in [-0.1, -0.05) is 0 Å². The highest BCUT2D eigenvalue weighted by Gasteiger charge is 2.24. The van der Waals surface area contributed by atoms with Crippen molar-refractivity contribution in [2.75, 3.05) is 6.61 Å². The Bertz CT molecular complexity index is 216. The fourth-order valence-electron chi connectivity index (χ4n) is 1.49. The van der Waals surface area contributed by atoms with Gasteiger partial charge in [-0.2, -0.15) is 0 Å². The third-order valence-corrected chi connectivity index (χ3v) is 2.11. The van der Waals surface area contributed by atoms with Crippen LogP contribution in [0.2, 0.25) is 0 Å². The van der Waals surface area contributed by atoms with E-state index in [9.17, 15) is 0 Å². The highest BCUT2D eigenvalue weighted by molar-refractivity contribution is 5.25. The number of hydrogen-bond donors (Lipinski definition) is 0. The summed E-state index contributed by atoms with van der Waals surface area (Å²) in [7, 11) is 0. The van der Waals surface area contributed by atoms with Gasteiger partial charge >= 0.3 is 0 Å². The lowest BCUT2D eigenvalue weighted by atomic mass is 10.0. The zero-order valence-electron chi connectivity index (χ0n) is 6.67. The van der Waals surface area contributed by atoms with E-state index in [1.54, 1.807) is 6.26 Å². The number of hydrogen-bond acceptors (Lipinski definition) is 2. The van der Waals surface area contributed by atoms with Crippen molar-refractivity contribution in [3.8, 4) is 0 Å². The fraction of sp³-hybridized carbons (Fsp3) is 0.556. The Morgan fingerprint density at radius 1 is 1.55 bits per heavy atom. The zero-order chi connectivity index (χ0) is 7.68. The fourth-order valence-corrected chi connectivity index (χ4v) is 1.49. The molecule has 0 aromatic heterocycles. The molecule has 1 unspecified atom stereocenters. The first kappa shape index (κ1) is 6.77. The van der Waals surface area contributed by atoms with E-state index in [1.165, 1.54) is 5.57 Å². The van der Waals surface area contributed by atoms with Gasteiger partial charge in [0.1, 0.15) is 5.76 Å². The van der Waals surface area contributed by atoms with Gasteiger partial charge in [-0.3, -0.25) is 0 Å². The van der Waals surface area contributed by atoms with E-state index in [0.717, 1.165) is 25.2 Å². The van der Waals surface area contributed by atoms with Gasteiger partial charge in [0.25, 0.3) is 0 Å². The van der Waals surface area contributed by atoms with E-state index >= 15 is 0 Å². The largest absolute Gasteiger partial charge is 0.494 e. The van der Waals surface area contributed by atoms with E-state index < -0.39 is 0 Å². The normalized spacial score (nSPS) is 29.0. The molecule has 1 saturated heterocycles. The molecular weight excluding hydrogens is 140 g/mol. The molecule has 0 spiro atoms. The Morgan fingerprint density at radius 3 is 3.27 bits per heavy atom. The van der Waals surface area contributed by atoms with Crippen LogP contribution in [0.15, 0.2) is 23.7 Å². The second kappa shape index (κ2) is 2.61. The first-order valence-electron chi connectivity index (χ1n) is 4.03. The van der Waals surface area contributed by atoms with E-state index in [-0.39, 0.29) is 6.10 Å². The van der Waals surface area contributed by atoms with Crippen LogP contribution in [0.1, 0.15) is 19.8 Å². The van der Waals surface area contributed by atoms with Crippen molar-refractivity contribution in [3.05, 3.63) is 23.7 Å². The number of fused-ring (bicyclic) bond motifs is 1. The van der Waals surface area contributed by atoms with Crippen LogP contribution in [0.3, 0.4) is 0 Å². The van der Waals surface area contributed by atoms with Gasteiger partial charge in [-0.25, -0.2) is 0 Å². The van der Waals surface area contributed by atoms with Crippen LogP contribution in [-0.4, -0.2) is 12.7 Å². The van der Waals surface area contributed by atoms with Crippen LogP contribution < -0.4 is 0 Å². The van der Waals surface area contributed by atoms with Crippen LogP contribution in [0.5, 0.6) is 0 Å². The van der Waals surface area contributed by atoms with Gasteiger partial charge in [0, 0.05) is 0 Å². The minimum Gasteiger partial charge on any atom is -0.494 e. The highest BCUT2D eigenvalue weighted by Crippen LogP contribution is 2.27. The van der Waals surface area contributed by atoms with Gasteiger partial charge < -0.3 is 9.47 Å². The number of rotatable bonds is 0. The molecule has 11 heavy (non-hydrogen) atoms. The molecule has 1 atom stereocenters. The lowest BCUT2D eigenvalue weighted by molar-refractivity contribution is 0.0380. The van der Waals surface area contributed by atoms with E-state index in [4.69, 9.17) is 9.47 Å². The van der Waals surface area contributed by atoms with Crippen molar-refractivity contribution in [1.82, 2.24) is 0 Å². The van der Waals surface area contributed by atoms with Crippen molar-refractivity contribution in [2.45, 2.75) is 25.9 Å². The summed E-state index contributed by atoms with van der Waals surface area (Å²) in [6, 6.07) is 0. The summed E-state index contributed by atoms with van der Waals surface area (Å²) < 4.78 is 10.9. The predicted molar refractivity (Wildman–Crippen MR) is 41.9 cm³/mol. The Balaban J connectivity index is 2.25. The standard InChI is InChI=1S/C9H12O2/c1-7-4-6-10-8-3-2-5-11-9(7)8/h4,6,8H,2-3,5H2,1H3. The van der Waals surface area contributed by atoms with Crippen molar-refractivity contribution in [1.29, 1.82) is 0 Å². The minimum absolute atomic E-state index is 0.203. The Kier molecular flexibility index (Phi) is 1.60. The molecule has 2 aliphatic heterocycles. The first-order chi connectivity index (χ1) is 5.38. The molecule has 0 amide bonds. The molecule has 0 aromatic carbocycles. The van der Waals surface area contributed by atoms with Gasteiger partial charge in [-0.15, -0.1) is 0 Å². The molecular formula is C9H12O2. The van der Waals surface area contributed by atoms with E-state index in [2.05, 4.69) is 6.92 Å². The summed E-state index contributed by atoms with van der Waals surface area (Å²) in [5.41, 5.74) is 1.21. The zero-order valence-corrected chi connectivity index (χ0v) is 6.67. The van der Waals surface area contributed by atoms with E-state index in [1.807, 2.05) is 6.08 Å². The van der Waals surface area contributed by atoms with Crippen LogP contribution in [0.4, 0.5) is 0 Å². The smallest absolute Gasteiger partial charge is 0.155 e. The second-order valence-electron chi connectivity index (χ2n) is 2.97. The minimum atomic E-state index is 0.203. The molecule has 0 N–H and O–H groups in total. The summed E-state index contributed by atoms with van der Waals surface area (Å²) in [5.74, 6) is 1.04. The van der Waals surface area contributed by atoms with Crippen molar-refractivity contribution in [2.24, 2.45) is 0 Å². The van der Waals surface area contributed by atoms with E-state index in [0.29, 0.717) is 0 Å². The molecule has 2 heterocycles. The third-order valence-electron chi connectivity index (χ3n) is 2.11. The summed E-state index contributed by atoms with van der Waals surface area (Å²) >= 11 is 0. The van der Waals surface area contributed by atoms with Crippen molar-refractivity contribution < 1.29 is 9.47 Å². The lowest BCUT2D eigenvalue weighted by Gasteiger charge is -2.28. The van der Waals surface area contributed by atoms with Gasteiger partial charge in [-0.05, 0) is 31.4 Å². The molecule has 2 rings (SSSR count). The molecule has 0 bridgehead atoms. The van der Waals surface area contributed by atoms with Crippen molar-refractivity contribution in [3.63, 3.8) is 0 Å². The van der Waals surface area contributed by atoms with Gasteiger partial charge in [0.15, 0.2) is 6.10 Å². The third kappa shape index (κ3) is 1.13.